The van der Waals surface area contributed by atoms with Crippen molar-refractivity contribution in [2.24, 2.45) is 9.50 Å². The average molecular weight is 221 g/mol. The zero-order valence-corrected chi connectivity index (χ0v) is 9.00. The Kier molecular flexibility index (Phi) is 2.14. The lowest BCUT2D eigenvalue weighted by Gasteiger charge is -2.20. The summed E-state index contributed by atoms with van der Waals surface area (Å²) >= 11 is 1.57. The second kappa shape index (κ2) is 3.50. The van der Waals surface area contributed by atoms with Gasteiger partial charge in [-0.15, -0.1) is 0 Å². The molecule has 1 aliphatic carbocycles. The molecule has 2 aliphatic heterocycles. The Morgan fingerprint density at radius 3 is 3.27 bits per heavy atom. The summed E-state index contributed by atoms with van der Waals surface area (Å²) in [6.45, 7) is -0.0728. The van der Waals surface area contributed by atoms with Crippen LogP contribution in [0.2, 0.25) is 0 Å². The Morgan fingerprint density at radius 2 is 2.40 bits per heavy atom. The predicted octanol–water partition coefficient (Wildman–Crippen LogP) is 1.31. The summed E-state index contributed by atoms with van der Waals surface area (Å²) in [6.07, 6.45) is 5.91. The van der Waals surface area contributed by atoms with Gasteiger partial charge in [-0.2, -0.15) is 5.10 Å². The van der Waals surface area contributed by atoms with Gasteiger partial charge in [0.05, 0.1) is 6.21 Å². The van der Waals surface area contributed by atoms with E-state index in [2.05, 4.69) is 9.50 Å². The second-order valence-electron chi connectivity index (χ2n) is 3.71. The standard InChI is InChI=1S/C10H11N3OS/c14-6-13-4-7-1-2-8-5-15-11-3-9(12-13)10(7)8/h3-4,14H,1-2,5-6H2. The van der Waals surface area contributed by atoms with E-state index in [1.54, 1.807) is 23.2 Å². The van der Waals surface area contributed by atoms with Gasteiger partial charge in [0.1, 0.15) is 12.4 Å². The van der Waals surface area contributed by atoms with Crippen molar-refractivity contribution in [3.63, 3.8) is 0 Å². The first-order chi connectivity index (χ1) is 7.38. The monoisotopic (exact) mass is 221 g/mol. The highest BCUT2D eigenvalue weighted by Gasteiger charge is 2.28. The Morgan fingerprint density at radius 1 is 1.47 bits per heavy atom. The third kappa shape index (κ3) is 1.42. The number of rotatable bonds is 1. The largest absolute Gasteiger partial charge is 0.374 e. The highest BCUT2D eigenvalue weighted by atomic mass is 32.2. The van der Waals surface area contributed by atoms with Gasteiger partial charge in [0, 0.05) is 17.5 Å². The lowest BCUT2D eigenvalue weighted by molar-refractivity contribution is 0.154. The van der Waals surface area contributed by atoms with Crippen LogP contribution in [0.25, 0.3) is 0 Å². The van der Waals surface area contributed by atoms with Gasteiger partial charge < -0.3 is 5.11 Å². The maximum Gasteiger partial charge on any atom is 0.136 e. The first-order valence-corrected chi connectivity index (χ1v) is 5.87. The highest BCUT2D eigenvalue weighted by molar-refractivity contribution is 7.98. The van der Waals surface area contributed by atoms with Crippen LogP contribution < -0.4 is 0 Å². The van der Waals surface area contributed by atoms with Gasteiger partial charge in [-0.1, -0.05) is 0 Å². The lowest BCUT2D eigenvalue weighted by atomic mass is 10.0. The second-order valence-corrected chi connectivity index (χ2v) is 4.46. The Labute approximate surface area is 92.2 Å². The highest BCUT2D eigenvalue weighted by Crippen LogP contribution is 2.37. The van der Waals surface area contributed by atoms with Crippen molar-refractivity contribution in [1.82, 2.24) is 5.01 Å². The topological polar surface area (TPSA) is 48.2 Å². The van der Waals surface area contributed by atoms with E-state index >= 15 is 0 Å². The van der Waals surface area contributed by atoms with Gasteiger partial charge in [-0.3, -0.25) is 0 Å². The van der Waals surface area contributed by atoms with Crippen molar-refractivity contribution < 1.29 is 5.11 Å². The van der Waals surface area contributed by atoms with Gasteiger partial charge in [-0.05, 0) is 35.9 Å². The molecule has 5 heteroatoms. The Hall–Kier alpha value is -1.07. The number of aliphatic hydroxyl groups is 1. The summed E-state index contributed by atoms with van der Waals surface area (Å²) in [5.74, 6) is 0.974. The summed E-state index contributed by atoms with van der Waals surface area (Å²) in [5.41, 5.74) is 4.91. The van der Waals surface area contributed by atoms with E-state index in [4.69, 9.17) is 5.11 Å². The quantitative estimate of drug-likeness (QED) is 0.679. The smallest absolute Gasteiger partial charge is 0.136 e. The van der Waals surface area contributed by atoms with E-state index in [-0.39, 0.29) is 6.73 Å². The molecule has 78 valence electrons. The van der Waals surface area contributed by atoms with E-state index in [0.717, 1.165) is 24.3 Å². The number of hydrogen-bond acceptors (Lipinski definition) is 5. The molecule has 0 aromatic rings. The lowest BCUT2D eigenvalue weighted by Crippen LogP contribution is -2.22. The molecule has 3 rings (SSSR count). The van der Waals surface area contributed by atoms with Crippen LogP contribution >= 0.6 is 11.9 Å². The molecular weight excluding hydrogens is 210 g/mol. The number of nitrogens with zero attached hydrogens (tertiary/aromatic N) is 3. The van der Waals surface area contributed by atoms with Crippen molar-refractivity contribution in [2.45, 2.75) is 12.8 Å². The van der Waals surface area contributed by atoms with Gasteiger partial charge in [0.15, 0.2) is 0 Å². The molecule has 0 aromatic carbocycles. The van der Waals surface area contributed by atoms with Crippen LogP contribution in [0.4, 0.5) is 0 Å². The van der Waals surface area contributed by atoms with Crippen molar-refractivity contribution >= 4 is 23.9 Å². The molecule has 2 heterocycles. The molecule has 1 N–H and O–H groups in total. The van der Waals surface area contributed by atoms with Crippen LogP contribution in [0.1, 0.15) is 12.8 Å². The Bertz CT molecular complexity index is 422. The summed E-state index contributed by atoms with van der Waals surface area (Å²) in [4.78, 5) is 0. The van der Waals surface area contributed by atoms with Gasteiger partial charge in [-0.25, -0.2) is 9.41 Å². The molecular formula is C10H11N3OS. The van der Waals surface area contributed by atoms with E-state index < -0.39 is 0 Å². The van der Waals surface area contributed by atoms with E-state index in [9.17, 15) is 0 Å². The maximum atomic E-state index is 9.09. The van der Waals surface area contributed by atoms with E-state index in [0.29, 0.717) is 0 Å². The third-order valence-electron chi connectivity index (χ3n) is 2.80. The molecule has 15 heavy (non-hydrogen) atoms. The molecule has 0 saturated heterocycles. The minimum atomic E-state index is -0.0728. The molecule has 3 aliphatic rings. The van der Waals surface area contributed by atoms with E-state index in [1.165, 1.54) is 16.7 Å². The molecule has 0 atom stereocenters. The van der Waals surface area contributed by atoms with Crippen LogP contribution in [0, 0.1) is 0 Å². The molecule has 0 fully saturated rings. The minimum absolute atomic E-state index is 0.0728. The van der Waals surface area contributed by atoms with Crippen LogP contribution in [0.15, 0.2) is 32.4 Å². The molecule has 0 radical (unpaired) electrons. The molecule has 0 aromatic heterocycles. The SMILES string of the molecule is OCN1C=C2CCC3=C2C(=N1)C=NSC3. The van der Waals surface area contributed by atoms with Crippen LogP contribution in [-0.4, -0.2) is 34.5 Å². The fraction of sp³-hybridized carbons (Fsp3) is 0.400. The molecule has 0 amide bonds. The number of hydrazone groups is 1. The Balaban J connectivity index is 2.10. The molecule has 4 nitrogen and oxygen atoms in total. The first kappa shape index (κ1) is 9.18. The summed E-state index contributed by atoms with van der Waals surface area (Å²) in [7, 11) is 0. The van der Waals surface area contributed by atoms with Crippen molar-refractivity contribution in [3.05, 3.63) is 22.9 Å². The summed E-state index contributed by atoms with van der Waals surface area (Å²) < 4.78 is 4.23. The number of allylic oxidation sites excluding steroid dienone is 2. The van der Waals surface area contributed by atoms with Crippen molar-refractivity contribution in [1.29, 1.82) is 0 Å². The van der Waals surface area contributed by atoms with Crippen LogP contribution in [-0.2, 0) is 0 Å². The summed E-state index contributed by atoms with van der Waals surface area (Å²) in [5, 5.41) is 15.0. The van der Waals surface area contributed by atoms with Gasteiger partial charge >= 0.3 is 0 Å². The fourth-order valence-electron chi connectivity index (χ4n) is 2.14. The summed E-state index contributed by atoms with van der Waals surface area (Å²) in [6, 6.07) is 0. The normalized spacial score (nSPS) is 23.7. The fourth-order valence-corrected chi connectivity index (χ4v) is 2.84. The van der Waals surface area contributed by atoms with Crippen LogP contribution in [0.3, 0.4) is 0 Å². The minimum Gasteiger partial charge on any atom is -0.374 e. The third-order valence-corrected chi connectivity index (χ3v) is 3.53. The molecule has 0 saturated carbocycles. The van der Waals surface area contributed by atoms with Gasteiger partial charge in [0.2, 0.25) is 0 Å². The number of hydrogen-bond donors (Lipinski definition) is 1. The van der Waals surface area contributed by atoms with Gasteiger partial charge in [0.25, 0.3) is 0 Å². The van der Waals surface area contributed by atoms with Crippen molar-refractivity contribution in [3.8, 4) is 0 Å². The zero-order valence-electron chi connectivity index (χ0n) is 8.18. The molecule has 0 bridgehead atoms. The number of aliphatic hydroxyl groups excluding tert-OH is 1. The van der Waals surface area contributed by atoms with E-state index in [1.807, 2.05) is 6.20 Å². The predicted molar refractivity (Wildman–Crippen MR) is 61.7 cm³/mol. The molecule has 0 unspecified atom stereocenters. The van der Waals surface area contributed by atoms with Crippen molar-refractivity contribution in [2.75, 3.05) is 12.5 Å². The average Bonchev–Trinajstić information content (AvgIpc) is 2.55. The zero-order chi connectivity index (χ0) is 10.3. The maximum absolute atomic E-state index is 9.09. The molecule has 0 spiro atoms. The first-order valence-electron chi connectivity index (χ1n) is 4.93. The van der Waals surface area contributed by atoms with Crippen LogP contribution in [0.5, 0.6) is 0 Å².